The lowest BCUT2D eigenvalue weighted by atomic mass is 10.2. The van der Waals surface area contributed by atoms with E-state index in [4.69, 9.17) is 10.5 Å². The van der Waals surface area contributed by atoms with Gasteiger partial charge in [0.2, 0.25) is 5.91 Å². The van der Waals surface area contributed by atoms with Gasteiger partial charge in [0.25, 0.3) is 0 Å². The van der Waals surface area contributed by atoms with E-state index in [1.807, 2.05) is 6.92 Å². The van der Waals surface area contributed by atoms with Gasteiger partial charge in [0.15, 0.2) is 0 Å². The molecule has 4 heteroatoms. The average molecular weight is 172 g/mol. The molecule has 0 spiro atoms. The molecule has 1 rings (SSSR count). The number of ether oxygens (including phenoxy) is 1. The number of rotatable bonds is 4. The lowest BCUT2D eigenvalue weighted by Crippen LogP contribution is -2.47. The zero-order chi connectivity index (χ0) is 9.19. The van der Waals surface area contributed by atoms with Crippen LogP contribution in [0.25, 0.3) is 0 Å². The maximum atomic E-state index is 11.3. The summed E-state index contributed by atoms with van der Waals surface area (Å²) in [6.07, 6.45) is 1.61. The molecule has 0 aromatic heterocycles. The summed E-state index contributed by atoms with van der Waals surface area (Å²) in [5, 5.41) is 2.79. The average Bonchev–Trinajstić information content (AvgIpc) is 2.69. The summed E-state index contributed by atoms with van der Waals surface area (Å²) in [4.78, 5) is 11.3. The Labute approximate surface area is 72.5 Å². The van der Waals surface area contributed by atoms with E-state index in [2.05, 4.69) is 5.32 Å². The third kappa shape index (κ3) is 2.19. The van der Waals surface area contributed by atoms with Gasteiger partial charge < -0.3 is 15.8 Å². The molecule has 70 valence electrons. The second kappa shape index (κ2) is 3.41. The van der Waals surface area contributed by atoms with Crippen molar-refractivity contribution < 1.29 is 9.53 Å². The molecule has 0 saturated heterocycles. The van der Waals surface area contributed by atoms with Gasteiger partial charge in [-0.3, -0.25) is 4.79 Å². The molecule has 0 bridgehead atoms. The van der Waals surface area contributed by atoms with E-state index in [0.29, 0.717) is 6.61 Å². The van der Waals surface area contributed by atoms with Gasteiger partial charge in [-0.15, -0.1) is 0 Å². The van der Waals surface area contributed by atoms with Crippen LogP contribution in [0.4, 0.5) is 0 Å². The number of nitrogens with one attached hydrogen (secondary N) is 1. The lowest BCUT2D eigenvalue weighted by Gasteiger charge is -2.15. The highest BCUT2D eigenvalue weighted by Crippen LogP contribution is 2.32. The van der Waals surface area contributed by atoms with Gasteiger partial charge in [0, 0.05) is 13.2 Å². The molecule has 4 nitrogen and oxygen atoms in total. The SMILES string of the molecule is COCC(C)NC(=O)C1(N)CC1. The fraction of sp³-hybridized carbons (Fsp3) is 0.875. The molecule has 0 heterocycles. The number of hydrogen-bond donors (Lipinski definition) is 2. The number of carbonyl (C=O) groups is 1. The Balaban J connectivity index is 2.26. The molecule has 1 aliphatic rings. The fourth-order valence-corrected chi connectivity index (χ4v) is 1.02. The first-order chi connectivity index (χ1) is 5.58. The van der Waals surface area contributed by atoms with Crippen molar-refractivity contribution in [2.24, 2.45) is 5.73 Å². The first-order valence-electron chi connectivity index (χ1n) is 4.17. The van der Waals surface area contributed by atoms with Crippen LogP contribution in [0.15, 0.2) is 0 Å². The second-order valence-corrected chi connectivity index (χ2v) is 3.49. The summed E-state index contributed by atoms with van der Waals surface area (Å²) in [6, 6.07) is 0.0449. The second-order valence-electron chi connectivity index (χ2n) is 3.49. The van der Waals surface area contributed by atoms with E-state index < -0.39 is 5.54 Å². The maximum Gasteiger partial charge on any atom is 0.240 e. The Morgan fingerprint density at radius 1 is 1.75 bits per heavy atom. The van der Waals surface area contributed by atoms with Crippen LogP contribution >= 0.6 is 0 Å². The molecular weight excluding hydrogens is 156 g/mol. The first kappa shape index (κ1) is 9.48. The van der Waals surface area contributed by atoms with Crippen LogP contribution in [-0.4, -0.2) is 31.2 Å². The van der Waals surface area contributed by atoms with E-state index in [9.17, 15) is 4.79 Å². The van der Waals surface area contributed by atoms with Crippen LogP contribution < -0.4 is 11.1 Å². The molecule has 0 radical (unpaired) electrons. The maximum absolute atomic E-state index is 11.3. The summed E-state index contributed by atoms with van der Waals surface area (Å²) in [6.45, 7) is 2.43. The molecule has 0 aliphatic heterocycles. The standard InChI is InChI=1S/C8H16N2O2/c1-6(5-12-2)10-7(11)8(9)3-4-8/h6H,3-5,9H2,1-2H3,(H,10,11). The quantitative estimate of drug-likeness (QED) is 0.608. The molecule has 1 unspecified atom stereocenters. The van der Waals surface area contributed by atoms with E-state index in [-0.39, 0.29) is 11.9 Å². The van der Waals surface area contributed by atoms with Gasteiger partial charge in [-0.25, -0.2) is 0 Å². The molecule has 1 saturated carbocycles. The Hall–Kier alpha value is -0.610. The van der Waals surface area contributed by atoms with Crippen LogP contribution in [0.5, 0.6) is 0 Å². The minimum atomic E-state index is -0.567. The number of carbonyl (C=O) groups excluding carboxylic acids is 1. The highest BCUT2D eigenvalue weighted by Gasteiger charge is 2.46. The molecular formula is C8H16N2O2. The summed E-state index contributed by atoms with van der Waals surface area (Å²) < 4.78 is 4.88. The van der Waals surface area contributed by atoms with Crippen LogP contribution in [0.2, 0.25) is 0 Å². The van der Waals surface area contributed by atoms with E-state index in [1.54, 1.807) is 7.11 Å². The van der Waals surface area contributed by atoms with Crippen LogP contribution in [0.3, 0.4) is 0 Å². The van der Waals surface area contributed by atoms with Crippen molar-refractivity contribution in [1.29, 1.82) is 0 Å². The largest absolute Gasteiger partial charge is 0.383 e. The highest BCUT2D eigenvalue weighted by molar-refractivity contribution is 5.89. The third-order valence-corrected chi connectivity index (χ3v) is 2.04. The first-order valence-corrected chi connectivity index (χ1v) is 4.17. The molecule has 3 N–H and O–H groups in total. The summed E-state index contributed by atoms with van der Waals surface area (Å²) in [7, 11) is 1.61. The summed E-state index contributed by atoms with van der Waals surface area (Å²) in [5.41, 5.74) is 5.11. The zero-order valence-corrected chi connectivity index (χ0v) is 7.59. The van der Waals surface area contributed by atoms with Gasteiger partial charge in [0.1, 0.15) is 0 Å². The van der Waals surface area contributed by atoms with Crippen molar-refractivity contribution in [1.82, 2.24) is 5.32 Å². The van der Waals surface area contributed by atoms with Gasteiger partial charge in [-0.05, 0) is 19.8 Å². The van der Waals surface area contributed by atoms with Gasteiger partial charge in [-0.1, -0.05) is 0 Å². The van der Waals surface area contributed by atoms with E-state index in [1.165, 1.54) is 0 Å². The van der Waals surface area contributed by atoms with Crippen molar-refractivity contribution in [3.05, 3.63) is 0 Å². The normalized spacial score (nSPS) is 21.6. The van der Waals surface area contributed by atoms with Crippen LogP contribution in [-0.2, 0) is 9.53 Å². The van der Waals surface area contributed by atoms with E-state index in [0.717, 1.165) is 12.8 Å². The molecule has 0 aromatic carbocycles. The summed E-state index contributed by atoms with van der Waals surface area (Å²) in [5.74, 6) is -0.0490. The van der Waals surface area contributed by atoms with Crippen molar-refractivity contribution in [2.75, 3.05) is 13.7 Å². The number of nitrogens with two attached hydrogens (primary N) is 1. The predicted octanol–water partition coefficient (Wildman–Crippen LogP) is -0.371. The Bertz CT molecular complexity index is 178. The van der Waals surface area contributed by atoms with Crippen molar-refractivity contribution in [2.45, 2.75) is 31.3 Å². The topological polar surface area (TPSA) is 64.3 Å². The van der Waals surface area contributed by atoms with Crippen molar-refractivity contribution >= 4 is 5.91 Å². The smallest absolute Gasteiger partial charge is 0.240 e. The number of amides is 1. The molecule has 1 atom stereocenters. The fourth-order valence-electron chi connectivity index (χ4n) is 1.02. The zero-order valence-electron chi connectivity index (χ0n) is 7.59. The Kier molecular flexibility index (Phi) is 2.69. The molecule has 12 heavy (non-hydrogen) atoms. The molecule has 1 aliphatic carbocycles. The summed E-state index contributed by atoms with van der Waals surface area (Å²) >= 11 is 0. The van der Waals surface area contributed by atoms with Gasteiger partial charge >= 0.3 is 0 Å². The number of methoxy groups -OCH3 is 1. The minimum absolute atomic E-state index is 0.0449. The predicted molar refractivity (Wildman–Crippen MR) is 45.6 cm³/mol. The Morgan fingerprint density at radius 3 is 2.75 bits per heavy atom. The lowest BCUT2D eigenvalue weighted by molar-refractivity contribution is -0.124. The third-order valence-electron chi connectivity index (χ3n) is 2.04. The molecule has 1 amide bonds. The van der Waals surface area contributed by atoms with Crippen LogP contribution in [0.1, 0.15) is 19.8 Å². The van der Waals surface area contributed by atoms with E-state index >= 15 is 0 Å². The highest BCUT2D eigenvalue weighted by atomic mass is 16.5. The monoisotopic (exact) mass is 172 g/mol. The van der Waals surface area contributed by atoms with Gasteiger partial charge in [-0.2, -0.15) is 0 Å². The molecule has 1 fully saturated rings. The Morgan fingerprint density at radius 2 is 2.33 bits per heavy atom. The van der Waals surface area contributed by atoms with Gasteiger partial charge in [0.05, 0.1) is 12.1 Å². The number of hydrogen-bond acceptors (Lipinski definition) is 3. The van der Waals surface area contributed by atoms with Crippen LogP contribution in [0, 0.1) is 0 Å². The van der Waals surface area contributed by atoms with Crippen molar-refractivity contribution in [3.8, 4) is 0 Å². The molecule has 0 aromatic rings. The van der Waals surface area contributed by atoms with Crippen molar-refractivity contribution in [3.63, 3.8) is 0 Å². The minimum Gasteiger partial charge on any atom is -0.383 e.